The van der Waals surface area contributed by atoms with Crippen LogP contribution in [0, 0.1) is 0 Å². The van der Waals surface area contributed by atoms with Crippen LogP contribution in [0.3, 0.4) is 0 Å². The number of hydrogen-bond donors (Lipinski definition) is 2. The van der Waals surface area contributed by atoms with Gasteiger partial charge in [0.2, 0.25) is 10.0 Å². The second-order valence-electron chi connectivity index (χ2n) is 5.69. The monoisotopic (exact) mass is 402 g/mol. The molecule has 144 valence electrons. The number of morpholine rings is 1. The van der Waals surface area contributed by atoms with Crippen LogP contribution in [0.1, 0.15) is 16.8 Å². The molecule has 10 heteroatoms. The van der Waals surface area contributed by atoms with Crippen molar-refractivity contribution in [2.45, 2.75) is 17.4 Å². The van der Waals surface area contributed by atoms with Gasteiger partial charge in [0.25, 0.3) is 5.91 Å². The lowest BCUT2D eigenvalue weighted by Crippen LogP contribution is -2.41. The van der Waals surface area contributed by atoms with Crippen molar-refractivity contribution in [1.29, 1.82) is 0 Å². The second-order valence-corrected chi connectivity index (χ2v) is 8.61. The number of carbonyl (C=O) groups excluding carboxylic acids is 1. The zero-order chi connectivity index (χ0) is 19.2. The zero-order valence-corrected chi connectivity index (χ0v) is 16.0. The molecule has 1 fully saturated rings. The van der Waals surface area contributed by atoms with E-state index in [1.165, 1.54) is 40.3 Å². The Bertz CT molecular complexity index is 747. The molecule has 1 atom stereocenters. The molecule has 1 aromatic carbocycles. The molecule has 0 bridgehead atoms. The third-order valence-electron chi connectivity index (χ3n) is 3.92. The van der Waals surface area contributed by atoms with Gasteiger partial charge in [0.15, 0.2) is 0 Å². The Kier molecular flexibility index (Phi) is 7.44. The van der Waals surface area contributed by atoms with E-state index < -0.39 is 27.9 Å². The number of carboxylic acids is 1. The molecule has 1 aromatic rings. The number of sulfonamides is 1. The van der Waals surface area contributed by atoms with Gasteiger partial charge in [-0.3, -0.25) is 4.79 Å². The molecule has 0 aromatic heterocycles. The fourth-order valence-electron chi connectivity index (χ4n) is 2.47. The molecular weight excluding hydrogens is 380 g/mol. The largest absolute Gasteiger partial charge is 0.480 e. The van der Waals surface area contributed by atoms with Gasteiger partial charge in [0.05, 0.1) is 18.1 Å². The maximum Gasteiger partial charge on any atom is 0.326 e. The highest BCUT2D eigenvalue weighted by atomic mass is 32.2. The number of carboxylic acid groups (broad SMARTS) is 1. The van der Waals surface area contributed by atoms with E-state index in [0.717, 1.165) is 0 Å². The van der Waals surface area contributed by atoms with Crippen LogP contribution in [-0.4, -0.2) is 74.1 Å². The number of rotatable bonds is 8. The van der Waals surface area contributed by atoms with Gasteiger partial charge in [0, 0.05) is 18.7 Å². The fourth-order valence-corrected chi connectivity index (χ4v) is 4.39. The van der Waals surface area contributed by atoms with Crippen molar-refractivity contribution in [3.63, 3.8) is 0 Å². The van der Waals surface area contributed by atoms with Crippen molar-refractivity contribution in [2.24, 2.45) is 0 Å². The van der Waals surface area contributed by atoms with Crippen molar-refractivity contribution in [2.75, 3.05) is 38.3 Å². The van der Waals surface area contributed by atoms with Gasteiger partial charge < -0.3 is 15.2 Å². The minimum Gasteiger partial charge on any atom is -0.480 e. The van der Waals surface area contributed by atoms with Crippen molar-refractivity contribution >= 4 is 33.7 Å². The maximum absolute atomic E-state index is 12.7. The number of nitrogens with zero attached hydrogens (tertiary/aromatic N) is 1. The number of benzene rings is 1. The third-order valence-corrected chi connectivity index (χ3v) is 6.46. The predicted octanol–water partition coefficient (Wildman–Crippen LogP) is 0.644. The van der Waals surface area contributed by atoms with Gasteiger partial charge in [0.1, 0.15) is 6.04 Å². The van der Waals surface area contributed by atoms with Gasteiger partial charge in [-0.2, -0.15) is 16.1 Å². The summed E-state index contributed by atoms with van der Waals surface area (Å²) in [6.45, 7) is 1.17. The van der Waals surface area contributed by atoms with Crippen LogP contribution in [0.4, 0.5) is 0 Å². The summed E-state index contributed by atoms with van der Waals surface area (Å²) < 4.78 is 31.8. The summed E-state index contributed by atoms with van der Waals surface area (Å²) in [7, 11) is -3.72. The highest BCUT2D eigenvalue weighted by Crippen LogP contribution is 2.18. The first-order valence-corrected chi connectivity index (χ1v) is 10.9. The molecule has 1 heterocycles. The second kappa shape index (κ2) is 9.36. The quantitative estimate of drug-likeness (QED) is 0.656. The Labute approximate surface area is 156 Å². The standard InChI is InChI=1S/C16H22N2O6S2/c1-25-10-5-14(16(20)21)17-15(19)12-3-2-4-13(11-12)26(22,23)18-6-8-24-9-7-18/h2-4,11,14H,5-10H2,1H3,(H,17,19)(H,20,21). The first-order valence-electron chi connectivity index (χ1n) is 8.07. The number of carbonyl (C=O) groups is 2. The lowest BCUT2D eigenvalue weighted by molar-refractivity contribution is -0.139. The Morgan fingerprint density at radius 1 is 1.35 bits per heavy atom. The molecule has 0 aliphatic carbocycles. The van der Waals surface area contributed by atoms with E-state index in [-0.39, 0.29) is 30.0 Å². The van der Waals surface area contributed by atoms with Crippen molar-refractivity contribution in [3.05, 3.63) is 29.8 Å². The van der Waals surface area contributed by atoms with Crippen LogP contribution in [-0.2, 0) is 19.6 Å². The molecule has 0 spiro atoms. The van der Waals surface area contributed by atoms with Crippen molar-refractivity contribution in [3.8, 4) is 0 Å². The van der Waals surface area contributed by atoms with E-state index in [1.807, 2.05) is 6.26 Å². The van der Waals surface area contributed by atoms with Crippen molar-refractivity contribution < 1.29 is 27.9 Å². The lowest BCUT2D eigenvalue weighted by atomic mass is 10.1. The Balaban J connectivity index is 2.17. The summed E-state index contributed by atoms with van der Waals surface area (Å²) in [5, 5.41) is 11.7. The first kappa shape index (κ1) is 20.7. The van der Waals surface area contributed by atoms with Crippen LogP contribution in [0.15, 0.2) is 29.2 Å². The van der Waals surface area contributed by atoms with Gasteiger partial charge >= 0.3 is 5.97 Å². The molecule has 0 saturated carbocycles. The first-order chi connectivity index (χ1) is 12.4. The average molecular weight is 402 g/mol. The van der Waals surface area contributed by atoms with Gasteiger partial charge in [-0.05, 0) is 36.6 Å². The van der Waals surface area contributed by atoms with Crippen LogP contribution < -0.4 is 5.32 Å². The van der Waals surface area contributed by atoms with E-state index in [4.69, 9.17) is 4.74 Å². The molecule has 1 aliphatic heterocycles. The lowest BCUT2D eigenvalue weighted by Gasteiger charge is -2.26. The summed E-state index contributed by atoms with van der Waals surface area (Å²) in [5.41, 5.74) is 0.106. The maximum atomic E-state index is 12.7. The summed E-state index contributed by atoms with van der Waals surface area (Å²) >= 11 is 1.48. The molecule has 26 heavy (non-hydrogen) atoms. The number of ether oxygens (including phenoxy) is 1. The van der Waals surface area contributed by atoms with Crippen LogP contribution >= 0.6 is 11.8 Å². The van der Waals surface area contributed by atoms with Crippen LogP contribution in [0.25, 0.3) is 0 Å². The average Bonchev–Trinajstić information content (AvgIpc) is 2.65. The van der Waals surface area contributed by atoms with Gasteiger partial charge in [-0.25, -0.2) is 13.2 Å². The Morgan fingerprint density at radius 2 is 2.04 bits per heavy atom. The summed E-state index contributed by atoms with van der Waals surface area (Å²) in [5.74, 6) is -1.15. The summed E-state index contributed by atoms with van der Waals surface area (Å²) in [4.78, 5) is 23.6. The van der Waals surface area contributed by atoms with Crippen LogP contribution in [0.2, 0.25) is 0 Å². The van der Waals surface area contributed by atoms with E-state index in [9.17, 15) is 23.1 Å². The van der Waals surface area contributed by atoms with Gasteiger partial charge in [-0.15, -0.1) is 0 Å². The van der Waals surface area contributed by atoms with E-state index in [1.54, 1.807) is 0 Å². The SMILES string of the molecule is CSCCC(NC(=O)c1cccc(S(=O)(=O)N2CCOCC2)c1)C(=O)O. The number of aliphatic carboxylic acids is 1. The minimum atomic E-state index is -3.72. The molecule has 2 N–H and O–H groups in total. The van der Waals surface area contributed by atoms with E-state index in [2.05, 4.69) is 5.32 Å². The molecule has 1 saturated heterocycles. The number of nitrogens with one attached hydrogen (secondary N) is 1. The number of amides is 1. The fraction of sp³-hybridized carbons (Fsp3) is 0.500. The minimum absolute atomic E-state index is 0.00281. The zero-order valence-electron chi connectivity index (χ0n) is 14.4. The normalized spacial score (nSPS) is 16.8. The molecule has 1 amide bonds. The Hall–Kier alpha value is -1.62. The summed E-state index contributed by atoms with van der Waals surface area (Å²) in [6, 6.07) is 4.60. The van der Waals surface area contributed by atoms with Gasteiger partial charge in [-0.1, -0.05) is 6.07 Å². The smallest absolute Gasteiger partial charge is 0.326 e. The number of thioether (sulfide) groups is 1. The topological polar surface area (TPSA) is 113 Å². The molecule has 2 rings (SSSR count). The Morgan fingerprint density at radius 3 is 2.65 bits per heavy atom. The molecule has 0 radical (unpaired) electrons. The highest BCUT2D eigenvalue weighted by Gasteiger charge is 2.27. The number of hydrogen-bond acceptors (Lipinski definition) is 6. The van der Waals surface area contributed by atoms with E-state index >= 15 is 0 Å². The molecule has 1 unspecified atom stereocenters. The molecule has 8 nitrogen and oxygen atoms in total. The van der Waals surface area contributed by atoms with Crippen LogP contribution in [0.5, 0.6) is 0 Å². The highest BCUT2D eigenvalue weighted by molar-refractivity contribution is 7.98. The molecular formula is C16H22N2O6S2. The summed E-state index contributed by atoms with van der Waals surface area (Å²) in [6.07, 6.45) is 2.13. The third kappa shape index (κ3) is 5.19. The molecule has 1 aliphatic rings. The van der Waals surface area contributed by atoms with Crippen molar-refractivity contribution in [1.82, 2.24) is 9.62 Å². The van der Waals surface area contributed by atoms with E-state index in [0.29, 0.717) is 19.0 Å². The predicted molar refractivity (Wildman–Crippen MR) is 97.9 cm³/mol.